The number of pyridine rings is 1. The molecule has 0 aromatic carbocycles. The van der Waals surface area contributed by atoms with Gasteiger partial charge in [-0.25, -0.2) is 9.97 Å². The lowest BCUT2D eigenvalue weighted by Crippen LogP contribution is -2.38. The molecule has 0 saturated carbocycles. The minimum Gasteiger partial charge on any atom is -0.357 e. The van der Waals surface area contributed by atoms with E-state index in [2.05, 4.69) is 49.6 Å². The fourth-order valence-corrected chi connectivity index (χ4v) is 4.05. The molecule has 2 aromatic rings. The molecule has 0 atom stereocenters. The van der Waals surface area contributed by atoms with Gasteiger partial charge in [-0.1, -0.05) is 6.92 Å². The summed E-state index contributed by atoms with van der Waals surface area (Å²) in [7, 11) is 1.81. The lowest BCUT2D eigenvalue weighted by molar-refractivity contribution is 0.573. The molecule has 2 N–H and O–H groups in total. The van der Waals surface area contributed by atoms with Gasteiger partial charge in [0.15, 0.2) is 5.96 Å². The summed E-state index contributed by atoms with van der Waals surface area (Å²) >= 11 is 1.79. The number of hydrogen-bond acceptors (Lipinski definition) is 5. The molecule has 0 bridgehead atoms. The highest BCUT2D eigenvalue weighted by Gasteiger charge is 2.12. The van der Waals surface area contributed by atoms with E-state index in [1.807, 2.05) is 12.4 Å². The molecule has 3 rings (SSSR count). The number of anilines is 1. The lowest BCUT2D eigenvalue weighted by Gasteiger charge is -2.28. The number of piperidine rings is 1. The third-order valence-electron chi connectivity index (χ3n) is 4.75. The molecule has 0 amide bonds. The number of guanidine groups is 1. The normalized spacial score (nSPS) is 14.5. The first-order chi connectivity index (χ1) is 13.3. The predicted octanol–water partition coefficient (Wildman–Crippen LogP) is 3.62. The van der Waals surface area contributed by atoms with E-state index in [1.54, 1.807) is 18.4 Å². The maximum absolute atomic E-state index is 4.55. The van der Waals surface area contributed by atoms with Gasteiger partial charge in [-0.05, 0) is 43.4 Å². The fraction of sp³-hybridized carbons (Fsp3) is 0.550. The van der Waals surface area contributed by atoms with Gasteiger partial charge in [0, 0.05) is 56.9 Å². The number of hydrogen-bond donors (Lipinski definition) is 2. The Morgan fingerprint density at radius 3 is 2.75 bits per heavy atom. The quantitative estimate of drug-likeness (QED) is 0.336. The van der Waals surface area contributed by atoms with Crippen molar-refractivity contribution in [1.82, 2.24) is 20.6 Å². The Morgan fingerprint density at radius 1 is 1.21 bits per heavy atom. The second-order valence-electron chi connectivity index (χ2n) is 6.75. The van der Waals surface area contributed by atoms with Crippen molar-refractivity contribution < 1.29 is 0 Å². The summed E-state index contributed by atoms with van der Waals surface area (Å²) in [5.74, 6) is 1.91. The van der Waals surface area contributed by atoms with E-state index in [9.17, 15) is 0 Å². The minimum atomic E-state index is 0. The third-order valence-corrected chi connectivity index (χ3v) is 5.96. The highest BCUT2D eigenvalue weighted by atomic mass is 127. The van der Waals surface area contributed by atoms with Crippen LogP contribution >= 0.6 is 35.3 Å². The van der Waals surface area contributed by atoms with E-state index < -0.39 is 0 Å². The van der Waals surface area contributed by atoms with E-state index in [-0.39, 0.29) is 24.0 Å². The number of nitrogens with one attached hydrogen (secondary N) is 2. The van der Waals surface area contributed by atoms with Crippen LogP contribution in [-0.2, 0) is 19.4 Å². The SMILES string of the molecule is CCc1cnc(CCNC(=NC)NCc2ccnc(N3CCCCC3)c2)s1.I. The molecule has 0 unspecified atom stereocenters. The Labute approximate surface area is 189 Å². The van der Waals surface area contributed by atoms with E-state index >= 15 is 0 Å². The van der Waals surface area contributed by atoms with Crippen LogP contribution in [-0.4, -0.2) is 42.6 Å². The summed E-state index contributed by atoms with van der Waals surface area (Å²) < 4.78 is 0. The van der Waals surface area contributed by atoms with Gasteiger partial charge in [-0.3, -0.25) is 4.99 Å². The summed E-state index contributed by atoms with van der Waals surface area (Å²) in [5, 5.41) is 7.94. The number of rotatable bonds is 7. The van der Waals surface area contributed by atoms with Crippen molar-refractivity contribution in [3.8, 4) is 0 Å². The standard InChI is InChI=1S/C20H30N6S.HI/c1-3-17-15-24-19(27-17)8-10-23-20(21-2)25-14-16-7-9-22-18(13-16)26-11-5-4-6-12-26;/h7,9,13,15H,3-6,8,10-12,14H2,1-2H3,(H2,21,23,25);1H. The van der Waals surface area contributed by atoms with Gasteiger partial charge in [0.05, 0.1) is 5.01 Å². The second-order valence-corrected chi connectivity index (χ2v) is 7.95. The Morgan fingerprint density at radius 2 is 2.04 bits per heavy atom. The maximum Gasteiger partial charge on any atom is 0.191 e. The van der Waals surface area contributed by atoms with Gasteiger partial charge >= 0.3 is 0 Å². The Bertz CT molecular complexity index is 742. The molecule has 154 valence electrons. The summed E-state index contributed by atoms with van der Waals surface area (Å²) in [6.45, 7) is 5.95. The van der Waals surface area contributed by atoms with E-state index in [4.69, 9.17) is 0 Å². The van der Waals surface area contributed by atoms with E-state index in [1.165, 1.54) is 34.7 Å². The number of aliphatic imine (C=N–C) groups is 1. The summed E-state index contributed by atoms with van der Waals surface area (Å²) in [4.78, 5) is 17.1. The molecular weight excluding hydrogens is 483 g/mol. The van der Waals surface area contributed by atoms with Gasteiger partial charge < -0.3 is 15.5 Å². The molecule has 1 aliphatic heterocycles. The Hall–Kier alpha value is -1.42. The van der Waals surface area contributed by atoms with Crippen LogP contribution < -0.4 is 15.5 Å². The zero-order valence-electron chi connectivity index (χ0n) is 16.8. The van der Waals surface area contributed by atoms with Gasteiger partial charge in [0.1, 0.15) is 5.82 Å². The van der Waals surface area contributed by atoms with E-state index in [0.717, 1.165) is 50.8 Å². The maximum atomic E-state index is 4.55. The van der Waals surface area contributed by atoms with Crippen LogP contribution in [0.1, 0.15) is 41.6 Å². The van der Waals surface area contributed by atoms with Crippen LogP contribution in [0.5, 0.6) is 0 Å². The van der Waals surface area contributed by atoms with Crippen LogP contribution in [0.3, 0.4) is 0 Å². The molecule has 28 heavy (non-hydrogen) atoms. The second kappa shape index (κ2) is 12.2. The lowest BCUT2D eigenvalue weighted by atomic mass is 10.1. The summed E-state index contributed by atoms with van der Waals surface area (Å²) in [6.07, 6.45) is 9.72. The van der Waals surface area contributed by atoms with E-state index in [0.29, 0.717) is 0 Å². The average molecular weight is 514 g/mol. The molecule has 3 heterocycles. The highest BCUT2D eigenvalue weighted by molar-refractivity contribution is 14.0. The zero-order chi connectivity index (χ0) is 18.9. The first-order valence-corrected chi connectivity index (χ1v) is 10.7. The van der Waals surface area contributed by atoms with Crippen LogP contribution in [0.2, 0.25) is 0 Å². The zero-order valence-corrected chi connectivity index (χ0v) is 19.9. The van der Waals surface area contributed by atoms with Crippen molar-refractivity contribution in [1.29, 1.82) is 0 Å². The molecule has 2 aromatic heterocycles. The predicted molar refractivity (Wildman–Crippen MR) is 129 cm³/mol. The third kappa shape index (κ3) is 6.88. The van der Waals surface area contributed by atoms with Crippen LogP contribution in [0.15, 0.2) is 29.5 Å². The molecule has 1 saturated heterocycles. The first-order valence-electron chi connectivity index (χ1n) is 9.86. The van der Waals surface area contributed by atoms with Crippen molar-refractivity contribution in [3.63, 3.8) is 0 Å². The highest BCUT2D eigenvalue weighted by Crippen LogP contribution is 2.18. The van der Waals surface area contributed by atoms with Crippen molar-refractivity contribution in [2.75, 3.05) is 31.6 Å². The van der Waals surface area contributed by atoms with Crippen molar-refractivity contribution in [2.24, 2.45) is 4.99 Å². The number of thiazole rings is 1. The first kappa shape index (κ1) is 22.9. The molecule has 6 nitrogen and oxygen atoms in total. The van der Waals surface area contributed by atoms with Crippen molar-refractivity contribution in [2.45, 2.75) is 45.6 Å². The van der Waals surface area contributed by atoms with Crippen LogP contribution in [0, 0.1) is 0 Å². The number of aromatic nitrogens is 2. The van der Waals surface area contributed by atoms with Gasteiger partial charge in [0.25, 0.3) is 0 Å². The molecular formula is C20H31IN6S. The number of halogens is 1. The average Bonchev–Trinajstić information content (AvgIpc) is 3.19. The Kier molecular flexibility index (Phi) is 9.97. The Balaban J connectivity index is 0.00000280. The topological polar surface area (TPSA) is 65.4 Å². The molecule has 1 fully saturated rings. The van der Waals surface area contributed by atoms with Crippen LogP contribution in [0.25, 0.3) is 0 Å². The van der Waals surface area contributed by atoms with Crippen molar-refractivity contribution in [3.05, 3.63) is 40.0 Å². The fourth-order valence-electron chi connectivity index (χ4n) is 3.19. The summed E-state index contributed by atoms with van der Waals surface area (Å²) in [6, 6.07) is 4.25. The number of aryl methyl sites for hydroxylation is 1. The molecule has 1 aliphatic rings. The van der Waals surface area contributed by atoms with Crippen LogP contribution in [0.4, 0.5) is 5.82 Å². The number of nitrogens with zero attached hydrogens (tertiary/aromatic N) is 4. The monoisotopic (exact) mass is 514 g/mol. The molecule has 8 heteroatoms. The molecule has 0 radical (unpaired) electrons. The largest absolute Gasteiger partial charge is 0.357 e. The smallest absolute Gasteiger partial charge is 0.191 e. The van der Waals surface area contributed by atoms with Crippen molar-refractivity contribution >= 4 is 47.1 Å². The molecule has 0 aliphatic carbocycles. The molecule has 0 spiro atoms. The van der Waals surface area contributed by atoms with Gasteiger partial charge in [-0.2, -0.15) is 0 Å². The minimum absolute atomic E-state index is 0. The summed E-state index contributed by atoms with van der Waals surface area (Å²) in [5.41, 5.74) is 1.22. The van der Waals surface area contributed by atoms with Gasteiger partial charge in [-0.15, -0.1) is 35.3 Å². The van der Waals surface area contributed by atoms with Gasteiger partial charge in [0.2, 0.25) is 0 Å².